The molecule has 184 valence electrons. The van der Waals surface area contributed by atoms with Crippen molar-refractivity contribution in [2.24, 2.45) is 7.05 Å². The molecule has 0 radical (unpaired) electrons. The molecule has 0 unspecified atom stereocenters. The van der Waals surface area contributed by atoms with Crippen LogP contribution in [0, 0.1) is 5.82 Å². The van der Waals surface area contributed by atoms with Gasteiger partial charge in [-0.3, -0.25) is 19.4 Å². The van der Waals surface area contributed by atoms with E-state index in [1.165, 1.54) is 12.1 Å². The van der Waals surface area contributed by atoms with Gasteiger partial charge in [-0.2, -0.15) is 5.10 Å². The van der Waals surface area contributed by atoms with Crippen LogP contribution in [0.15, 0.2) is 72.9 Å². The summed E-state index contributed by atoms with van der Waals surface area (Å²) in [7, 11) is 1.86. The van der Waals surface area contributed by atoms with Crippen LogP contribution in [0.4, 0.5) is 4.39 Å². The van der Waals surface area contributed by atoms with Crippen molar-refractivity contribution in [1.29, 1.82) is 0 Å². The Bertz CT molecular complexity index is 1350. The Morgan fingerprint density at radius 2 is 1.81 bits per heavy atom. The number of nitrogens with one attached hydrogen (secondary N) is 1. The van der Waals surface area contributed by atoms with Crippen LogP contribution in [0.1, 0.15) is 28.8 Å². The van der Waals surface area contributed by atoms with Crippen molar-refractivity contribution in [3.8, 4) is 22.5 Å². The highest BCUT2D eigenvalue weighted by atomic mass is 35.5. The summed E-state index contributed by atoms with van der Waals surface area (Å²) in [6.07, 6.45) is 3.23. The molecule has 0 aliphatic carbocycles. The smallest absolute Gasteiger partial charge is 0.253 e. The number of aryl methyl sites for hydroxylation is 1. The number of carbonyl (C=O) groups excluding carboxylic acids is 1. The first-order valence-electron chi connectivity index (χ1n) is 12.0. The maximum absolute atomic E-state index is 13.5. The minimum atomic E-state index is -0.315. The molecule has 1 N–H and O–H groups in total. The largest absolute Gasteiger partial charge is 0.349 e. The molecule has 1 saturated heterocycles. The molecule has 3 heterocycles. The van der Waals surface area contributed by atoms with E-state index in [4.69, 9.17) is 11.6 Å². The standard InChI is InChI=1S/C28H27ClFN5O/c1-34-27(29)24(26(33-34)19-6-3-2-4-7-19)18-35-14-12-23(13-15-35)32-28(36)21-10-11-25(31-17-21)20-8-5-9-22(30)16-20/h2-11,16-17,23H,12-15,18H2,1H3,(H,32,36). The molecule has 1 aliphatic heterocycles. The summed E-state index contributed by atoms with van der Waals surface area (Å²) in [6, 6.07) is 19.9. The van der Waals surface area contributed by atoms with Crippen LogP contribution in [0.2, 0.25) is 5.15 Å². The number of aromatic nitrogens is 3. The molecule has 2 aromatic carbocycles. The average molecular weight is 504 g/mol. The maximum atomic E-state index is 13.5. The van der Waals surface area contributed by atoms with Crippen LogP contribution in [0.5, 0.6) is 0 Å². The van der Waals surface area contributed by atoms with Gasteiger partial charge in [0.15, 0.2) is 0 Å². The maximum Gasteiger partial charge on any atom is 0.253 e. The lowest BCUT2D eigenvalue weighted by molar-refractivity contribution is 0.0908. The second-order valence-corrected chi connectivity index (χ2v) is 9.43. The van der Waals surface area contributed by atoms with Gasteiger partial charge in [-0.15, -0.1) is 0 Å². The highest BCUT2D eigenvalue weighted by Gasteiger charge is 2.24. The van der Waals surface area contributed by atoms with Crippen molar-refractivity contribution in [1.82, 2.24) is 25.0 Å². The van der Waals surface area contributed by atoms with Crippen molar-refractivity contribution >= 4 is 17.5 Å². The minimum Gasteiger partial charge on any atom is -0.349 e. The Morgan fingerprint density at radius 3 is 2.50 bits per heavy atom. The van der Waals surface area contributed by atoms with Crippen molar-refractivity contribution in [2.45, 2.75) is 25.4 Å². The normalized spacial score (nSPS) is 14.6. The van der Waals surface area contributed by atoms with E-state index in [9.17, 15) is 9.18 Å². The number of nitrogens with zero attached hydrogens (tertiary/aromatic N) is 4. The summed E-state index contributed by atoms with van der Waals surface area (Å²) in [5, 5.41) is 8.42. The molecular weight excluding hydrogens is 477 g/mol. The van der Waals surface area contributed by atoms with Crippen molar-refractivity contribution in [2.75, 3.05) is 13.1 Å². The summed E-state index contributed by atoms with van der Waals surface area (Å²) in [6.45, 7) is 2.41. The van der Waals surface area contributed by atoms with E-state index in [0.29, 0.717) is 28.5 Å². The Balaban J connectivity index is 1.18. The number of hydrogen-bond acceptors (Lipinski definition) is 4. The predicted octanol–water partition coefficient (Wildman–Crippen LogP) is 5.34. The van der Waals surface area contributed by atoms with Crippen LogP contribution in [0.25, 0.3) is 22.5 Å². The van der Waals surface area contributed by atoms with Crippen molar-refractivity contribution < 1.29 is 9.18 Å². The fraction of sp³-hybridized carbons (Fsp3) is 0.250. The molecule has 36 heavy (non-hydrogen) atoms. The Hall–Kier alpha value is -3.55. The highest BCUT2D eigenvalue weighted by molar-refractivity contribution is 6.30. The number of piperidine rings is 1. The highest BCUT2D eigenvalue weighted by Crippen LogP contribution is 2.30. The number of pyridine rings is 1. The first-order chi connectivity index (χ1) is 17.5. The Morgan fingerprint density at radius 1 is 1.06 bits per heavy atom. The van der Waals surface area contributed by atoms with Crippen molar-refractivity contribution in [3.05, 3.63) is 95.0 Å². The number of carbonyl (C=O) groups is 1. The van der Waals surface area contributed by atoms with Gasteiger partial charge in [0.25, 0.3) is 5.91 Å². The van der Waals surface area contributed by atoms with Gasteiger partial charge in [-0.05, 0) is 37.1 Å². The van der Waals surface area contributed by atoms with Crippen LogP contribution < -0.4 is 5.32 Å². The second-order valence-electron chi connectivity index (χ2n) is 9.07. The summed E-state index contributed by atoms with van der Waals surface area (Å²) >= 11 is 6.60. The number of rotatable bonds is 6. The van der Waals surface area contributed by atoms with E-state index in [1.54, 1.807) is 35.1 Å². The third-order valence-corrected chi connectivity index (χ3v) is 7.04. The molecule has 5 rings (SSSR count). The van der Waals surface area contributed by atoms with Gasteiger partial charge in [-0.1, -0.05) is 54.1 Å². The molecule has 1 fully saturated rings. The average Bonchev–Trinajstić information content (AvgIpc) is 3.19. The first-order valence-corrected chi connectivity index (χ1v) is 12.4. The van der Waals surface area contributed by atoms with Gasteiger partial charge in [0.2, 0.25) is 0 Å². The van der Waals surface area contributed by atoms with Crippen LogP contribution in [-0.2, 0) is 13.6 Å². The molecule has 0 atom stereocenters. The van der Waals surface area contributed by atoms with Crippen LogP contribution in [0.3, 0.4) is 0 Å². The van der Waals surface area contributed by atoms with Gasteiger partial charge in [0.1, 0.15) is 11.0 Å². The van der Waals surface area contributed by atoms with Gasteiger partial charge in [0.05, 0.1) is 17.0 Å². The lowest BCUT2D eigenvalue weighted by Gasteiger charge is -2.32. The lowest BCUT2D eigenvalue weighted by atomic mass is 10.0. The Kier molecular flexibility index (Phi) is 7.11. The quantitative estimate of drug-likeness (QED) is 0.386. The predicted molar refractivity (Wildman–Crippen MR) is 139 cm³/mol. The van der Waals surface area contributed by atoms with Crippen LogP contribution in [-0.4, -0.2) is 44.7 Å². The fourth-order valence-corrected chi connectivity index (χ4v) is 4.78. The van der Waals surface area contributed by atoms with E-state index in [2.05, 4.69) is 20.3 Å². The topological polar surface area (TPSA) is 63.1 Å². The lowest BCUT2D eigenvalue weighted by Crippen LogP contribution is -2.44. The van der Waals surface area contributed by atoms with E-state index < -0.39 is 0 Å². The van der Waals surface area contributed by atoms with Gasteiger partial charge < -0.3 is 5.32 Å². The molecule has 1 aliphatic rings. The third kappa shape index (κ3) is 5.32. The Labute approximate surface area is 214 Å². The van der Waals surface area contributed by atoms with Gasteiger partial charge in [0, 0.05) is 55.6 Å². The SMILES string of the molecule is Cn1nc(-c2ccccc2)c(CN2CCC(NC(=O)c3ccc(-c4cccc(F)c4)nc3)CC2)c1Cl. The minimum absolute atomic E-state index is 0.0922. The zero-order chi connectivity index (χ0) is 25.1. The summed E-state index contributed by atoms with van der Waals surface area (Å²) in [5.41, 5.74) is 4.79. The monoisotopic (exact) mass is 503 g/mol. The molecule has 2 aromatic heterocycles. The number of benzene rings is 2. The molecule has 1 amide bonds. The number of amides is 1. The van der Waals surface area contributed by atoms with E-state index in [0.717, 1.165) is 42.8 Å². The van der Waals surface area contributed by atoms with Crippen molar-refractivity contribution in [3.63, 3.8) is 0 Å². The molecule has 8 heteroatoms. The molecular formula is C28H27ClFN5O. The number of halogens is 2. The van der Waals surface area contributed by atoms with E-state index in [-0.39, 0.29) is 17.8 Å². The summed E-state index contributed by atoms with van der Waals surface area (Å²) in [4.78, 5) is 19.5. The molecule has 0 spiro atoms. The zero-order valence-corrected chi connectivity index (χ0v) is 20.8. The van der Waals surface area contributed by atoms with E-state index in [1.807, 2.05) is 37.4 Å². The van der Waals surface area contributed by atoms with E-state index >= 15 is 0 Å². The van der Waals surface area contributed by atoms with Gasteiger partial charge >= 0.3 is 0 Å². The fourth-order valence-electron chi connectivity index (χ4n) is 4.59. The third-order valence-electron chi connectivity index (χ3n) is 6.57. The molecule has 6 nitrogen and oxygen atoms in total. The number of likely N-dealkylation sites (tertiary alicyclic amines) is 1. The molecule has 4 aromatic rings. The summed E-state index contributed by atoms with van der Waals surface area (Å²) < 4.78 is 15.2. The zero-order valence-electron chi connectivity index (χ0n) is 20.0. The van der Waals surface area contributed by atoms with Gasteiger partial charge in [-0.25, -0.2) is 4.39 Å². The second kappa shape index (κ2) is 10.6. The van der Waals surface area contributed by atoms with Crippen LogP contribution >= 0.6 is 11.6 Å². The summed E-state index contributed by atoms with van der Waals surface area (Å²) in [5.74, 6) is -0.460. The number of hydrogen-bond donors (Lipinski definition) is 1. The molecule has 0 saturated carbocycles. The first kappa shape index (κ1) is 24.2. The molecule has 0 bridgehead atoms.